The first-order valence-electron chi connectivity index (χ1n) is 7.29. The summed E-state index contributed by atoms with van der Waals surface area (Å²) in [5.74, 6) is -1.73. The maximum absolute atomic E-state index is 12.6. The van der Waals surface area contributed by atoms with Crippen LogP contribution in [0, 0.1) is 6.92 Å². The van der Waals surface area contributed by atoms with Crippen LogP contribution in [-0.4, -0.2) is 24.1 Å². The van der Waals surface area contributed by atoms with Crippen LogP contribution in [0.2, 0.25) is 10.0 Å². The van der Waals surface area contributed by atoms with Crippen LogP contribution in [0.4, 0.5) is 18.9 Å². The first-order valence-corrected chi connectivity index (χ1v) is 8.05. The van der Waals surface area contributed by atoms with Crippen molar-refractivity contribution in [3.05, 3.63) is 45.9 Å². The van der Waals surface area contributed by atoms with Gasteiger partial charge in [0.25, 0.3) is 0 Å². The summed E-state index contributed by atoms with van der Waals surface area (Å²) in [5.41, 5.74) is 1.89. The summed E-state index contributed by atoms with van der Waals surface area (Å²) < 4.78 is 43.6. The predicted molar refractivity (Wildman–Crippen MR) is 93.7 cm³/mol. The number of anilines is 1. The van der Waals surface area contributed by atoms with E-state index in [1.165, 1.54) is 12.1 Å². The quantitative estimate of drug-likeness (QED) is 0.557. The number of benzene rings is 2. The van der Waals surface area contributed by atoms with Crippen LogP contribution in [0.25, 0.3) is 22.6 Å². The van der Waals surface area contributed by atoms with Crippen molar-refractivity contribution in [1.82, 2.24) is 4.98 Å². The van der Waals surface area contributed by atoms with Gasteiger partial charge in [0.15, 0.2) is 5.58 Å². The summed E-state index contributed by atoms with van der Waals surface area (Å²) in [7, 11) is 1.05. The molecular formula is C17H11Cl2F3N2O2. The molecule has 3 rings (SSSR count). The van der Waals surface area contributed by atoms with Crippen LogP contribution in [0.15, 0.2) is 34.7 Å². The first kappa shape index (κ1) is 18.5. The lowest BCUT2D eigenvalue weighted by Crippen LogP contribution is -2.38. The zero-order valence-corrected chi connectivity index (χ0v) is 15.0. The second-order valence-corrected chi connectivity index (χ2v) is 6.44. The van der Waals surface area contributed by atoms with E-state index in [9.17, 15) is 18.0 Å². The van der Waals surface area contributed by atoms with E-state index in [0.717, 1.165) is 7.05 Å². The zero-order chi connectivity index (χ0) is 19.2. The molecule has 0 saturated heterocycles. The number of aromatic nitrogens is 1. The molecule has 136 valence electrons. The Hall–Kier alpha value is -2.25. The van der Waals surface area contributed by atoms with Gasteiger partial charge in [-0.25, -0.2) is 4.98 Å². The molecule has 0 fully saturated rings. The number of nitrogens with zero attached hydrogens (tertiary/aromatic N) is 2. The number of alkyl halides is 3. The standard InChI is InChI=1S/C17H11Cl2F3N2O2/c1-8-5-10(24(2)16(25)17(20,21)22)7-13-14(8)26-15(23-13)9-3-4-11(18)12(19)6-9/h3-7H,1-2H3. The van der Waals surface area contributed by atoms with E-state index in [1.807, 2.05) is 0 Å². The van der Waals surface area contributed by atoms with Crippen LogP contribution >= 0.6 is 23.2 Å². The van der Waals surface area contributed by atoms with Crippen LogP contribution in [0.3, 0.4) is 0 Å². The van der Waals surface area contributed by atoms with E-state index < -0.39 is 12.1 Å². The van der Waals surface area contributed by atoms with E-state index >= 15 is 0 Å². The highest BCUT2D eigenvalue weighted by atomic mass is 35.5. The van der Waals surface area contributed by atoms with Gasteiger partial charge in [0, 0.05) is 18.3 Å². The van der Waals surface area contributed by atoms with Crippen molar-refractivity contribution in [2.75, 3.05) is 11.9 Å². The molecular weight excluding hydrogens is 392 g/mol. The molecule has 4 nitrogen and oxygen atoms in total. The van der Waals surface area contributed by atoms with Gasteiger partial charge in [0.1, 0.15) is 5.52 Å². The van der Waals surface area contributed by atoms with E-state index in [1.54, 1.807) is 25.1 Å². The van der Waals surface area contributed by atoms with Crippen molar-refractivity contribution >= 4 is 45.9 Å². The molecule has 0 aliphatic rings. The van der Waals surface area contributed by atoms with Gasteiger partial charge in [-0.05, 0) is 42.8 Å². The topological polar surface area (TPSA) is 46.3 Å². The highest BCUT2D eigenvalue weighted by Gasteiger charge is 2.41. The summed E-state index contributed by atoms with van der Waals surface area (Å²) in [6.45, 7) is 1.65. The van der Waals surface area contributed by atoms with Crippen molar-refractivity contribution in [2.24, 2.45) is 0 Å². The minimum absolute atomic E-state index is 0.0614. The molecule has 1 amide bonds. The average Bonchev–Trinajstić information content (AvgIpc) is 2.99. The van der Waals surface area contributed by atoms with Gasteiger partial charge in [-0.1, -0.05) is 23.2 Å². The number of carbonyl (C=O) groups is 1. The third-order valence-corrected chi connectivity index (χ3v) is 4.50. The molecule has 1 aromatic heterocycles. The molecule has 3 aromatic rings. The van der Waals surface area contributed by atoms with Gasteiger partial charge < -0.3 is 9.32 Å². The molecule has 9 heteroatoms. The molecule has 0 atom stereocenters. The SMILES string of the molecule is Cc1cc(N(C)C(=O)C(F)(F)F)cc2nc(-c3ccc(Cl)c(Cl)c3)oc12. The minimum Gasteiger partial charge on any atom is -0.436 e. The van der Waals surface area contributed by atoms with Crippen molar-refractivity contribution in [3.8, 4) is 11.5 Å². The minimum atomic E-state index is -4.97. The molecule has 0 bridgehead atoms. The van der Waals surface area contributed by atoms with Crippen LogP contribution in [-0.2, 0) is 4.79 Å². The fourth-order valence-corrected chi connectivity index (χ4v) is 2.73. The highest BCUT2D eigenvalue weighted by Crippen LogP contribution is 2.33. The van der Waals surface area contributed by atoms with Crippen LogP contribution in [0.1, 0.15) is 5.56 Å². The molecule has 0 unspecified atom stereocenters. The Morgan fingerprint density at radius 3 is 2.46 bits per heavy atom. The Morgan fingerprint density at radius 2 is 1.85 bits per heavy atom. The van der Waals surface area contributed by atoms with Gasteiger partial charge in [-0.2, -0.15) is 13.2 Å². The molecule has 0 radical (unpaired) electrons. The zero-order valence-electron chi connectivity index (χ0n) is 13.5. The largest absolute Gasteiger partial charge is 0.471 e. The van der Waals surface area contributed by atoms with E-state index in [4.69, 9.17) is 27.6 Å². The van der Waals surface area contributed by atoms with Gasteiger partial charge >= 0.3 is 12.1 Å². The van der Waals surface area contributed by atoms with E-state index in [0.29, 0.717) is 37.2 Å². The summed E-state index contributed by atoms with van der Waals surface area (Å²) in [5, 5.41) is 0.691. The Kier molecular flexibility index (Phi) is 4.62. The predicted octanol–water partition coefficient (Wildman–Crippen LogP) is 5.64. The summed E-state index contributed by atoms with van der Waals surface area (Å²) in [6, 6.07) is 7.60. The van der Waals surface area contributed by atoms with Crippen LogP contribution < -0.4 is 4.90 Å². The number of rotatable bonds is 2. The van der Waals surface area contributed by atoms with Crippen molar-refractivity contribution in [3.63, 3.8) is 0 Å². The normalized spacial score (nSPS) is 11.8. The Balaban J connectivity index is 2.06. The maximum Gasteiger partial charge on any atom is 0.471 e. The second-order valence-electron chi connectivity index (χ2n) is 5.62. The fraction of sp³-hybridized carbons (Fsp3) is 0.176. The monoisotopic (exact) mass is 402 g/mol. The molecule has 0 aliphatic carbocycles. The molecule has 0 N–H and O–H groups in total. The molecule has 26 heavy (non-hydrogen) atoms. The Labute approximate surface area is 156 Å². The van der Waals surface area contributed by atoms with Gasteiger partial charge in [-0.3, -0.25) is 4.79 Å². The fourth-order valence-electron chi connectivity index (χ4n) is 2.44. The molecule has 0 saturated carbocycles. The van der Waals surface area contributed by atoms with Gasteiger partial charge in [0.05, 0.1) is 10.0 Å². The Bertz CT molecular complexity index is 1020. The van der Waals surface area contributed by atoms with Gasteiger partial charge in [-0.15, -0.1) is 0 Å². The maximum atomic E-state index is 12.6. The smallest absolute Gasteiger partial charge is 0.436 e. The number of carbonyl (C=O) groups excluding carboxylic acids is 1. The van der Waals surface area contributed by atoms with E-state index in [2.05, 4.69) is 4.98 Å². The van der Waals surface area contributed by atoms with Crippen LogP contribution in [0.5, 0.6) is 0 Å². The summed E-state index contributed by atoms with van der Waals surface area (Å²) in [4.78, 5) is 16.3. The van der Waals surface area contributed by atoms with Crippen molar-refractivity contribution in [1.29, 1.82) is 0 Å². The number of hydrogen-bond acceptors (Lipinski definition) is 3. The lowest BCUT2D eigenvalue weighted by molar-refractivity contribution is -0.170. The molecule has 0 spiro atoms. The van der Waals surface area contributed by atoms with E-state index in [-0.39, 0.29) is 11.6 Å². The average molecular weight is 403 g/mol. The van der Waals surface area contributed by atoms with Gasteiger partial charge in [0.2, 0.25) is 5.89 Å². The number of amides is 1. The summed E-state index contributed by atoms with van der Waals surface area (Å²) in [6.07, 6.45) is -4.97. The number of aryl methyl sites for hydroxylation is 1. The molecule has 2 aromatic carbocycles. The highest BCUT2D eigenvalue weighted by molar-refractivity contribution is 6.42. The molecule has 1 heterocycles. The van der Waals surface area contributed by atoms with Crippen molar-refractivity contribution < 1.29 is 22.4 Å². The lowest BCUT2D eigenvalue weighted by Gasteiger charge is -2.19. The Morgan fingerprint density at radius 1 is 1.15 bits per heavy atom. The first-order chi connectivity index (χ1) is 12.1. The second kappa shape index (κ2) is 6.48. The molecule has 0 aliphatic heterocycles. The third kappa shape index (κ3) is 3.37. The number of fused-ring (bicyclic) bond motifs is 1. The number of halogens is 5. The van der Waals surface area contributed by atoms with Crippen molar-refractivity contribution in [2.45, 2.75) is 13.1 Å². The summed E-state index contributed by atoms with van der Waals surface area (Å²) >= 11 is 11.9. The number of hydrogen-bond donors (Lipinski definition) is 0. The lowest BCUT2D eigenvalue weighted by atomic mass is 10.2. The number of oxazole rings is 1. The third-order valence-electron chi connectivity index (χ3n) is 3.76.